The second-order valence-electron chi connectivity index (χ2n) is 3.99. The number of piperidine rings is 1. The Balaban J connectivity index is 2.09. The van der Waals surface area contributed by atoms with Crippen molar-refractivity contribution in [2.45, 2.75) is 32.6 Å². The molecule has 0 saturated carbocycles. The van der Waals surface area contributed by atoms with Crippen LogP contribution in [0.4, 0.5) is 0 Å². The van der Waals surface area contributed by atoms with Gasteiger partial charge in [0.25, 0.3) is 0 Å². The van der Waals surface area contributed by atoms with E-state index in [-0.39, 0.29) is 0 Å². The van der Waals surface area contributed by atoms with Gasteiger partial charge in [0.05, 0.1) is 0 Å². The standard InChI is InChI=1S/C12H21N/c1-12(2)8-4-7-11-13-9-5-3-6-10-13/h4,7H,1,3,5-6,8-11H2,2H3. The molecule has 1 fully saturated rings. The predicted octanol–water partition coefficient (Wildman–Crippen LogP) is 2.99. The Bertz CT molecular complexity index is 176. The van der Waals surface area contributed by atoms with Crippen LogP contribution >= 0.6 is 0 Å². The monoisotopic (exact) mass is 179 g/mol. The van der Waals surface area contributed by atoms with Gasteiger partial charge in [0.15, 0.2) is 0 Å². The topological polar surface area (TPSA) is 3.24 Å². The third-order valence-corrected chi connectivity index (χ3v) is 2.45. The molecule has 13 heavy (non-hydrogen) atoms. The van der Waals surface area contributed by atoms with E-state index in [1.54, 1.807) is 0 Å². The van der Waals surface area contributed by atoms with E-state index < -0.39 is 0 Å². The number of rotatable bonds is 4. The molecule has 0 N–H and O–H groups in total. The van der Waals surface area contributed by atoms with Gasteiger partial charge in [0, 0.05) is 6.54 Å². The van der Waals surface area contributed by atoms with Crippen molar-refractivity contribution in [3.05, 3.63) is 24.3 Å². The first kappa shape index (κ1) is 10.5. The molecule has 1 aliphatic rings. The van der Waals surface area contributed by atoms with E-state index in [9.17, 15) is 0 Å². The molecular weight excluding hydrogens is 158 g/mol. The maximum Gasteiger partial charge on any atom is 0.0163 e. The Morgan fingerprint density at radius 3 is 2.54 bits per heavy atom. The van der Waals surface area contributed by atoms with Crippen molar-refractivity contribution >= 4 is 0 Å². The van der Waals surface area contributed by atoms with E-state index in [4.69, 9.17) is 0 Å². The van der Waals surface area contributed by atoms with Gasteiger partial charge in [0.2, 0.25) is 0 Å². The zero-order valence-electron chi connectivity index (χ0n) is 8.76. The molecule has 0 atom stereocenters. The summed E-state index contributed by atoms with van der Waals surface area (Å²) in [5.41, 5.74) is 1.25. The van der Waals surface area contributed by atoms with E-state index >= 15 is 0 Å². The van der Waals surface area contributed by atoms with Crippen LogP contribution in [0.25, 0.3) is 0 Å². The van der Waals surface area contributed by atoms with E-state index in [1.807, 2.05) is 0 Å². The van der Waals surface area contributed by atoms with Gasteiger partial charge in [-0.3, -0.25) is 4.90 Å². The Kier molecular flexibility index (Phi) is 4.84. The molecule has 1 nitrogen and oxygen atoms in total. The zero-order chi connectivity index (χ0) is 9.52. The van der Waals surface area contributed by atoms with Crippen molar-refractivity contribution in [3.8, 4) is 0 Å². The Morgan fingerprint density at radius 1 is 1.23 bits per heavy atom. The van der Waals surface area contributed by atoms with Gasteiger partial charge in [-0.15, -0.1) is 0 Å². The minimum atomic E-state index is 1.04. The summed E-state index contributed by atoms with van der Waals surface area (Å²) in [5.74, 6) is 0. The summed E-state index contributed by atoms with van der Waals surface area (Å²) in [5, 5.41) is 0. The summed E-state index contributed by atoms with van der Waals surface area (Å²) in [7, 11) is 0. The maximum absolute atomic E-state index is 3.87. The van der Waals surface area contributed by atoms with Gasteiger partial charge in [-0.25, -0.2) is 0 Å². The highest BCUT2D eigenvalue weighted by Crippen LogP contribution is 2.08. The lowest BCUT2D eigenvalue weighted by molar-refractivity contribution is 0.251. The molecule has 0 amide bonds. The van der Waals surface area contributed by atoms with E-state index in [0.717, 1.165) is 13.0 Å². The van der Waals surface area contributed by atoms with Crippen molar-refractivity contribution < 1.29 is 0 Å². The molecule has 74 valence electrons. The van der Waals surface area contributed by atoms with Crippen LogP contribution in [-0.4, -0.2) is 24.5 Å². The van der Waals surface area contributed by atoms with E-state index in [1.165, 1.54) is 37.9 Å². The highest BCUT2D eigenvalue weighted by molar-refractivity contribution is 4.99. The first-order valence-electron chi connectivity index (χ1n) is 5.31. The molecule has 1 heteroatoms. The molecule has 0 aromatic heterocycles. The Hall–Kier alpha value is -0.560. The van der Waals surface area contributed by atoms with Crippen molar-refractivity contribution in [1.82, 2.24) is 4.90 Å². The molecular formula is C12H21N. The minimum Gasteiger partial charge on any atom is -0.300 e. The van der Waals surface area contributed by atoms with Crippen LogP contribution in [0.2, 0.25) is 0 Å². The number of hydrogen-bond acceptors (Lipinski definition) is 1. The zero-order valence-corrected chi connectivity index (χ0v) is 8.76. The van der Waals surface area contributed by atoms with E-state index in [0.29, 0.717) is 0 Å². The Labute approximate surface area is 82.1 Å². The van der Waals surface area contributed by atoms with Crippen LogP contribution in [0.15, 0.2) is 24.3 Å². The SMILES string of the molecule is C=C(C)CC=CCN1CCCCC1. The van der Waals surface area contributed by atoms with Gasteiger partial charge in [-0.05, 0) is 39.3 Å². The molecule has 1 heterocycles. The van der Waals surface area contributed by atoms with Gasteiger partial charge in [-0.1, -0.05) is 30.7 Å². The number of likely N-dealkylation sites (tertiary alicyclic amines) is 1. The van der Waals surface area contributed by atoms with Crippen LogP contribution in [0.1, 0.15) is 32.6 Å². The summed E-state index contributed by atoms with van der Waals surface area (Å²) in [6, 6.07) is 0. The lowest BCUT2D eigenvalue weighted by atomic mass is 10.1. The number of hydrogen-bond donors (Lipinski definition) is 0. The molecule has 0 aliphatic carbocycles. The summed E-state index contributed by atoms with van der Waals surface area (Å²) in [6.45, 7) is 9.66. The fourth-order valence-corrected chi connectivity index (χ4v) is 1.65. The van der Waals surface area contributed by atoms with Crippen LogP contribution in [0.3, 0.4) is 0 Å². The largest absolute Gasteiger partial charge is 0.300 e. The van der Waals surface area contributed by atoms with Gasteiger partial charge < -0.3 is 0 Å². The first-order valence-corrected chi connectivity index (χ1v) is 5.31. The fourth-order valence-electron chi connectivity index (χ4n) is 1.65. The van der Waals surface area contributed by atoms with Gasteiger partial charge >= 0.3 is 0 Å². The van der Waals surface area contributed by atoms with Crippen molar-refractivity contribution in [3.63, 3.8) is 0 Å². The van der Waals surface area contributed by atoms with Crippen molar-refractivity contribution in [1.29, 1.82) is 0 Å². The maximum atomic E-state index is 3.87. The minimum absolute atomic E-state index is 1.04. The fraction of sp³-hybridized carbons (Fsp3) is 0.667. The second kappa shape index (κ2) is 5.98. The third-order valence-electron chi connectivity index (χ3n) is 2.45. The first-order chi connectivity index (χ1) is 6.29. The summed E-state index contributed by atoms with van der Waals surface area (Å²) < 4.78 is 0. The average molecular weight is 179 g/mol. The lowest BCUT2D eigenvalue weighted by Gasteiger charge is -2.24. The molecule has 1 rings (SSSR count). The third kappa shape index (κ3) is 4.89. The summed E-state index contributed by atoms with van der Waals surface area (Å²) >= 11 is 0. The lowest BCUT2D eigenvalue weighted by Crippen LogP contribution is -2.29. The molecule has 0 aromatic carbocycles. The average Bonchev–Trinajstić information content (AvgIpc) is 2.14. The summed E-state index contributed by atoms with van der Waals surface area (Å²) in [6.07, 6.45) is 9.74. The highest BCUT2D eigenvalue weighted by atomic mass is 15.1. The molecule has 0 bridgehead atoms. The highest BCUT2D eigenvalue weighted by Gasteiger charge is 2.06. The Morgan fingerprint density at radius 2 is 1.92 bits per heavy atom. The van der Waals surface area contributed by atoms with Crippen LogP contribution < -0.4 is 0 Å². The molecule has 1 aliphatic heterocycles. The van der Waals surface area contributed by atoms with Gasteiger partial charge in [-0.2, -0.15) is 0 Å². The quantitative estimate of drug-likeness (QED) is 0.600. The molecule has 1 saturated heterocycles. The molecule has 0 radical (unpaired) electrons. The van der Waals surface area contributed by atoms with Crippen LogP contribution in [0.5, 0.6) is 0 Å². The number of nitrogens with zero attached hydrogens (tertiary/aromatic N) is 1. The van der Waals surface area contributed by atoms with Crippen LogP contribution in [0, 0.1) is 0 Å². The number of allylic oxidation sites excluding steroid dienone is 2. The van der Waals surface area contributed by atoms with Gasteiger partial charge in [0.1, 0.15) is 0 Å². The molecule has 0 aromatic rings. The molecule has 0 spiro atoms. The van der Waals surface area contributed by atoms with E-state index in [2.05, 4.69) is 30.6 Å². The second-order valence-corrected chi connectivity index (χ2v) is 3.99. The predicted molar refractivity (Wildman–Crippen MR) is 58.9 cm³/mol. The smallest absolute Gasteiger partial charge is 0.0163 e. The normalized spacial score (nSPS) is 19.5. The van der Waals surface area contributed by atoms with Crippen molar-refractivity contribution in [2.75, 3.05) is 19.6 Å². The molecule has 0 unspecified atom stereocenters. The van der Waals surface area contributed by atoms with Crippen LogP contribution in [-0.2, 0) is 0 Å². The summed E-state index contributed by atoms with van der Waals surface area (Å²) in [4.78, 5) is 2.53. The van der Waals surface area contributed by atoms with Crippen molar-refractivity contribution in [2.24, 2.45) is 0 Å².